The van der Waals surface area contributed by atoms with Gasteiger partial charge in [-0.3, -0.25) is 0 Å². The van der Waals surface area contributed by atoms with Crippen LogP contribution in [0.1, 0.15) is 35.5 Å². The highest BCUT2D eigenvalue weighted by molar-refractivity contribution is 7.90. The lowest BCUT2D eigenvalue weighted by atomic mass is 10.1. The number of aryl methyl sites for hydroxylation is 3. The summed E-state index contributed by atoms with van der Waals surface area (Å²) in [6.45, 7) is 7.97. The third-order valence-corrected chi connectivity index (χ3v) is 5.49. The van der Waals surface area contributed by atoms with Gasteiger partial charge in [0.1, 0.15) is 5.82 Å². The molecule has 0 aliphatic rings. The Hall–Kier alpha value is -2.41. The molecule has 25 heavy (non-hydrogen) atoms. The molecule has 0 radical (unpaired) electrons. The number of aromatic nitrogens is 3. The molecule has 6 nitrogen and oxygen atoms in total. The van der Waals surface area contributed by atoms with Crippen LogP contribution in [0.5, 0.6) is 0 Å². The molecule has 3 aromatic rings. The van der Waals surface area contributed by atoms with E-state index in [0.29, 0.717) is 4.90 Å². The number of nitrogens with one attached hydrogen (secondary N) is 1. The maximum absolute atomic E-state index is 11.6. The molecule has 0 aliphatic heterocycles. The Morgan fingerprint density at radius 1 is 1.12 bits per heavy atom. The van der Waals surface area contributed by atoms with Gasteiger partial charge >= 0.3 is 0 Å². The minimum Gasteiger partial charge on any atom is -0.363 e. The fourth-order valence-corrected chi connectivity index (χ4v) is 3.39. The van der Waals surface area contributed by atoms with Crippen LogP contribution >= 0.6 is 0 Å². The predicted octanol–water partition coefficient (Wildman–Crippen LogP) is 3.23. The number of hydrogen-bond donors (Lipinski definition) is 1. The van der Waals surface area contributed by atoms with Gasteiger partial charge in [-0.2, -0.15) is 9.61 Å². The molecule has 1 aromatic carbocycles. The molecule has 2 heterocycles. The fourth-order valence-electron chi connectivity index (χ4n) is 2.76. The summed E-state index contributed by atoms with van der Waals surface area (Å²) in [7, 11) is -3.18. The predicted molar refractivity (Wildman–Crippen MR) is 98.8 cm³/mol. The van der Waals surface area contributed by atoms with Gasteiger partial charge in [0.25, 0.3) is 0 Å². The van der Waals surface area contributed by atoms with Crippen molar-refractivity contribution >= 4 is 21.3 Å². The number of benzene rings is 1. The topological polar surface area (TPSA) is 76.4 Å². The third-order valence-electron chi connectivity index (χ3n) is 4.36. The van der Waals surface area contributed by atoms with Crippen LogP contribution < -0.4 is 5.32 Å². The van der Waals surface area contributed by atoms with Gasteiger partial charge in [-0.15, -0.1) is 0 Å². The van der Waals surface area contributed by atoms with Crippen LogP contribution in [0.4, 0.5) is 5.82 Å². The first-order valence-electron chi connectivity index (χ1n) is 8.07. The Bertz CT molecular complexity index is 1040. The molecule has 3 rings (SSSR count). The maximum Gasteiger partial charge on any atom is 0.175 e. The molecule has 0 spiro atoms. The average molecular weight is 358 g/mol. The maximum atomic E-state index is 11.6. The quantitative estimate of drug-likeness (QED) is 0.775. The van der Waals surface area contributed by atoms with E-state index >= 15 is 0 Å². The van der Waals surface area contributed by atoms with E-state index in [-0.39, 0.29) is 6.04 Å². The van der Waals surface area contributed by atoms with E-state index in [4.69, 9.17) is 0 Å². The number of anilines is 1. The summed E-state index contributed by atoms with van der Waals surface area (Å²) < 4.78 is 25.0. The standard InChI is InChI=1S/C18H22N4O2S/c1-11-10-17(22-18(19-11)12(2)13(3)21-22)20-14(4)15-6-8-16(9-7-15)25(5,23)24/h6-10,14,20H,1-5H3/t14-/m1/s1. The number of rotatable bonds is 4. The summed E-state index contributed by atoms with van der Waals surface area (Å²) in [5.74, 6) is 0.860. The molecule has 0 saturated heterocycles. The number of sulfone groups is 1. The van der Waals surface area contributed by atoms with Crippen molar-refractivity contribution in [2.24, 2.45) is 0 Å². The Kier molecular flexibility index (Phi) is 4.28. The lowest BCUT2D eigenvalue weighted by Gasteiger charge is -2.17. The Labute approximate surface area is 147 Å². The van der Waals surface area contributed by atoms with Gasteiger partial charge in [0.05, 0.1) is 10.6 Å². The van der Waals surface area contributed by atoms with Gasteiger partial charge in [0, 0.05) is 29.6 Å². The minimum atomic E-state index is -3.18. The first-order chi connectivity index (χ1) is 11.7. The van der Waals surface area contributed by atoms with Gasteiger partial charge in [-0.25, -0.2) is 13.4 Å². The summed E-state index contributed by atoms with van der Waals surface area (Å²) in [5, 5.41) is 8.01. The van der Waals surface area contributed by atoms with Crippen molar-refractivity contribution in [1.82, 2.24) is 14.6 Å². The van der Waals surface area contributed by atoms with Crippen molar-refractivity contribution in [2.45, 2.75) is 38.6 Å². The lowest BCUT2D eigenvalue weighted by molar-refractivity contribution is 0.602. The van der Waals surface area contributed by atoms with Crippen molar-refractivity contribution in [3.63, 3.8) is 0 Å². The molecule has 7 heteroatoms. The van der Waals surface area contributed by atoms with E-state index in [1.165, 1.54) is 6.26 Å². The summed E-state index contributed by atoms with van der Waals surface area (Å²) in [5.41, 5.74) is 4.77. The molecule has 1 N–H and O–H groups in total. The first kappa shape index (κ1) is 17.4. The van der Waals surface area contributed by atoms with E-state index in [0.717, 1.165) is 34.0 Å². The molecule has 0 unspecified atom stereocenters. The number of nitrogens with zero attached hydrogens (tertiary/aromatic N) is 3. The van der Waals surface area contributed by atoms with E-state index in [2.05, 4.69) is 15.4 Å². The van der Waals surface area contributed by atoms with Crippen LogP contribution in [0.15, 0.2) is 35.2 Å². The van der Waals surface area contributed by atoms with Crippen molar-refractivity contribution in [1.29, 1.82) is 0 Å². The molecule has 1 atom stereocenters. The summed E-state index contributed by atoms with van der Waals surface area (Å²) in [6.07, 6.45) is 1.21. The van der Waals surface area contributed by atoms with Gasteiger partial charge < -0.3 is 5.32 Å². The molecule has 0 saturated carbocycles. The highest BCUT2D eigenvalue weighted by atomic mass is 32.2. The van der Waals surface area contributed by atoms with Gasteiger partial charge in [0.2, 0.25) is 0 Å². The summed E-state index contributed by atoms with van der Waals surface area (Å²) >= 11 is 0. The van der Waals surface area contributed by atoms with E-state index in [1.807, 2.05) is 50.4 Å². The molecular weight excluding hydrogens is 336 g/mol. The van der Waals surface area contributed by atoms with Crippen LogP contribution in [-0.4, -0.2) is 29.3 Å². The highest BCUT2D eigenvalue weighted by Crippen LogP contribution is 2.23. The van der Waals surface area contributed by atoms with Gasteiger partial charge in [-0.05, 0) is 45.4 Å². The smallest absolute Gasteiger partial charge is 0.175 e. The number of fused-ring (bicyclic) bond motifs is 1. The second kappa shape index (κ2) is 6.15. The van der Waals surface area contributed by atoms with Crippen molar-refractivity contribution in [2.75, 3.05) is 11.6 Å². The molecule has 2 aromatic heterocycles. The summed E-state index contributed by atoms with van der Waals surface area (Å²) in [4.78, 5) is 4.89. The van der Waals surface area contributed by atoms with Crippen molar-refractivity contribution in [3.05, 3.63) is 52.8 Å². The highest BCUT2D eigenvalue weighted by Gasteiger charge is 2.14. The second-order valence-electron chi connectivity index (χ2n) is 6.44. The lowest BCUT2D eigenvalue weighted by Crippen LogP contribution is -2.11. The SMILES string of the molecule is Cc1cc(N[C@H](C)c2ccc(S(C)(=O)=O)cc2)n2nc(C)c(C)c2n1. The summed E-state index contributed by atoms with van der Waals surface area (Å²) in [6, 6.07) is 8.89. The zero-order chi connectivity index (χ0) is 18.4. The van der Waals surface area contributed by atoms with Crippen LogP contribution in [0.3, 0.4) is 0 Å². The Morgan fingerprint density at radius 2 is 1.76 bits per heavy atom. The molecule has 0 aliphatic carbocycles. The number of hydrogen-bond acceptors (Lipinski definition) is 5. The zero-order valence-corrected chi connectivity index (χ0v) is 15.8. The first-order valence-corrected chi connectivity index (χ1v) is 9.96. The molecule has 0 bridgehead atoms. The van der Waals surface area contributed by atoms with Crippen LogP contribution in [0, 0.1) is 20.8 Å². The molecular formula is C18H22N4O2S. The fraction of sp³-hybridized carbons (Fsp3) is 0.333. The van der Waals surface area contributed by atoms with Gasteiger partial charge in [-0.1, -0.05) is 12.1 Å². The molecule has 0 fully saturated rings. The van der Waals surface area contributed by atoms with Crippen LogP contribution in [-0.2, 0) is 9.84 Å². The monoisotopic (exact) mass is 358 g/mol. The Balaban J connectivity index is 1.94. The van der Waals surface area contributed by atoms with E-state index in [1.54, 1.807) is 12.1 Å². The van der Waals surface area contributed by atoms with Crippen molar-refractivity contribution < 1.29 is 8.42 Å². The molecule has 132 valence electrons. The van der Waals surface area contributed by atoms with Crippen LogP contribution in [0.2, 0.25) is 0 Å². The second-order valence-corrected chi connectivity index (χ2v) is 8.45. The third kappa shape index (κ3) is 3.37. The minimum absolute atomic E-state index is 0.0107. The van der Waals surface area contributed by atoms with E-state index < -0.39 is 9.84 Å². The Morgan fingerprint density at radius 3 is 2.36 bits per heavy atom. The van der Waals surface area contributed by atoms with Crippen molar-refractivity contribution in [3.8, 4) is 0 Å². The normalized spacial score (nSPS) is 13.2. The zero-order valence-electron chi connectivity index (χ0n) is 15.0. The average Bonchev–Trinajstić information content (AvgIpc) is 2.82. The van der Waals surface area contributed by atoms with E-state index in [9.17, 15) is 8.42 Å². The molecule has 0 amide bonds. The largest absolute Gasteiger partial charge is 0.363 e. The van der Waals surface area contributed by atoms with Gasteiger partial charge in [0.15, 0.2) is 15.5 Å². The van der Waals surface area contributed by atoms with Crippen LogP contribution in [0.25, 0.3) is 5.65 Å².